The molecule has 0 aromatic carbocycles. The Kier molecular flexibility index (Phi) is 6.31. The van der Waals surface area contributed by atoms with Crippen LogP contribution in [-0.4, -0.2) is 46.9 Å². The molecule has 29 heavy (non-hydrogen) atoms. The van der Waals surface area contributed by atoms with E-state index in [-0.39, 0.29) is 5.82 Å². The highest BCUT2D eigenvalue weighted by Gasteiger charge is 2.41. The number of rotatable bonds is 8. The minimum Gasteiger partial charge on any atom is -0.382 e. The van der Waals surface area contributed by atoms with Crippen molar-refractivity contribution < 1.29 is 51.2 Å². The molecule has 1 aliphatic rings. The van der Waals surface area contributed by atoms with Crippen molar-refractivity contribution in [2.45, 2.75) is 25.0 Å². The third-order valence-electron chi connectivity index (χ3n) is 3.79. The van der Waals surface area contributed by atoms with Gasteiger partial charge in [0, 0.05) is 0 Å². The molecule has 3 rings (SSSR count). The average Bonchev–Trinajstić information content (AvgIpc) is 3.16. The standard InChI is InChI=1S/C11H17N4O11P3/c12-11-9-3-2-8(15(9)14-6-13-11)10-4-1-7(24-10)5-23-28(19,20)26-29(21,22)25-27(16,17)18/h2-3,6-7,10H,1,4-5H2,(H,19,20)(H,21,22)(H2,12,13,14)(H2,16,17,18)/t7-,10+/m0/s1. The third kappa shape index (κ3) is 5.91. The van der Waals surface area contributed by atoms with Gasteiger partial charge in [0.1, 0.15) is 17.9 Å². The maximum absolute atomic E-state index is 11.7. The fourth-order valence-corrected chi connectivity index (χ4v) is 5.79. The molecule has 2 unspecified atom stereocenters. The van der Waals surface area contributed by atoms with Gasteiger partial charge >= 0.3 is 23.5 Å². The topological polar surface area (TPSA) is 225 Å². The van der Waals surface area contributed by atoms with Gasteiger partial charge in [-0.25, -0.2) is 23.2 Å². The lowest BCUT2D eigenvalue weighted by atomic mass is 10.1. The van der Waals surface area contributed by atoms with Crippen LogP contribution < -0.4 is 5.73 Å². The van der Waals surface area contributed by atoms with Gasteiger partial charge in [0.25, 0.3) is 0 Å². The minimum absolute atomic E-state index is 0.286. The second-order valence-electron chi connectivity index (χ2n) is 5.91. The molecular formula is C11H17N4O11P3. The molecule has 0 radical (unpaired) electrons. The molecule has 1 saturated heterocycles. The molecule has 0 aliphatic carbocycles. The smallest absolute Gasteiger partial charge is 0.382 e. The lowest BCUT2D eigenvalue weighted by Gasteiger charge is -2.18. The second kappa shape index (κ2) is 8.14. The Hall–Kier alpha value is -1.21. The fourth-order valence-electron chi connectivity index (χ4n) is 2.74. The summed E-state index contributed by atoms with van der Waals surface area (Å²) in [4.78, 5) is 39.5. The highest BCUT2D eigenvalue weighted by molar-refractivity contribution is 7.66. The van der Waals surface area contributed by atoms with Crippen LogP contribution in [0.25, 0.3) is 5.52 Å². The Morgan fingerprint density at radius 1 is 1.14 bits per heavy atom. The molecule has 6 N–H and O–H groups in total. The van der Waals surface area contributed by atoms with Gasteiger partial charge in [-0.1, -0.05) is 0 Å². The Labute approximate surface area is 162 Å². The molecule has 2 aromatic rings. The van der Waals surface area contributed by atoms with Crippen LogP contribution >= 0.6 is 23.5 Å². The molecule has 0 saturated carbocycles. The molecule has 0 amide bonds. The summed E-state index contributed by atoms with van der Waals surface area (Å²) in [5.41, 5.74) is 7.03. The number of nitrogens with zero attached hydrogens (tertiary/aromatic N) is 3. The Morgan fingerprint density at radius 3 is 2.55 bits per heavy atom. The van der Waals surface area contributed by atoms with Crippen molar-refractivity contribution in [3.05, 3.63) is 24.2 Å². The van der Waals surface area contributed by atoms with Crippen molar-refractivity contribution in [3.63, 3.8) is 0 Å². The average molecular weight is 474 g/mol. The summed E-state index contributed by atoms with van der Waals surface area (Å²) < 4.78 is 52.8. The number of hydrogen-bond donors (Lipinski definition) is 5. The molecule has 4 atom stereocenters. The van der Waals surface area contributed by atoms with Gasteiger partial charge in [-0.05, 0) is 25.0 Å². The van der Waals surface area contributed by atoms with Crippen molar-refractivity contribution >= 4 is 34.8 Å². The maximum Gasteiger partial charge on any atom is 0.490 e. The molecule has 1 aliphatic heterocycles. The minimum atomic E-state index is -5.55. The number of fused-ring (bicyclic) bond motifs is 1. The zero-order valence-electron chi connectivity index (χ0n) is 14.4. The molecule has 3 heterocycles. The number of aromatic nitrogens is 3. The van der Waals surface area contributed by atoms with Crippen LogP contribution in [0.2, 0.25) is 0 Å². The van der Waals surface area contributed by atoms with Gasteiger partial charge in [-0.15, -0.1) is 0 Å². The summed E-state index contributed by atoms with van der Waals surface area (Å²) >= 11 is 0. The first kappa shape index (κ1) is 22.5. The van der Waals surface area contributed by atoms with Gasteiger partial charge in [0.15, 0.2) is 5.82 Å². The lowest BCUT2D eigenvalue weighted by molar-refractivity contribution is 0.00777. The SMILES string of the molecule is Nc1ncnn2c([C@H]3CC[C@@H](COP(=O)(O)OP(=O)(O)OP(=O)(O)O)O3)ccc12. The van der Waals surface area contributed by atoms with Gasteiger partial charge in [-0.3, -0.25) is 4.52 Å². The number of phosphoric ester groups is 1. The van der Waals surface area contributed by atoms with Crippen LogP contribution in [0.15, 0.2) is 18.5 Å². The van der Waals surface area contributed by atoms with E-state index in [2.05, 4.69) is 23.2 Å². The predicted octanol–water partition coefficient (Wildman–Crippen LogP) is 0.875. The molecule has 162 valence electrons. The Bertz CT molecular complexity index is 1040. The first-order chi connectivity index (χ1) is 13.4. The van der Waals surface area contributed by atoms with Crippen LogP contribution in [0.1, 0.15) is 24.6 Å². The van der Waals surface area contributed by atoms with Gasteiger partial charge in [-0.2, -0.15) is 13.7 Å². The van der Waals surface area contributed by atoms with Crippen molar-refractivity contribution in [3.8, 4) is 0 Å². The van der Waals surface area contributed by atoms with Gasteiger partial charge in [0.2, 0.25) is 0 Å². The molecule has 0 spiro atoms. The molecule has 0 bridgehead atoms. The summed E-state index contributed by atoms with van der Waals surface area (Å²) in [6.45, 7) is -0.499. The molecule has 1 fully saturated rings. The number of hydrogen-bond acceptors (Lipinski definition) is 10. The number of anilines is 1. The first-order valence-corrected chi connectivity index (χ1v) is 12.4. The van der Waals surface area contributed by atoms with Crippen LogP contribution in [-0.2, 0) is 31.6 Å². The lowest BCUT2D eigenvalue weighted by Crippen LogP contribution is -2.15. The summed E-state index contributed by atoms with van der Waals surface area (Å²) in [6, 6.07) is 3.46. The number of ether oxygens (including phenoxy) is 1. The van der Waals surface area contributed by atoms with Crippen molar-refractivity contribution in [2.24, 2.45) is 0 Å². The largest absolute Gasteiger partial charge is 0.490 e. The van der Waals surface area contributed by atoms with Gasteiger partial charge < -0.3 is 30.0 Å². The first-order valence-electron chi connectivity index (χ1n) is 7.87. The van der Waals surface area contributed by atoms with Gasteiger partial charge in [0.05, 0.1) is 18.4 Å². The molecule has 15 nitrogen and oxygen atoms in total. The molecule has 18 heteroatoms. The normalized spacial score (nSPS) is 24.4. The maximum atomic E-state index is 11.7. The predicted molar refractivity (Wildman–Crippen MR) is 94.1 cm³/mol. The van der Waals surface area contributed by atoms with E-state index in [0.717, 1.165) is 0 Å². The fraction of sp³-hybridized carbons (Fsp3) is 0.455. The van der Waals surface area contributed by atoms with E-state index < -0.39 is 42.3 Å². The summed E-state index contributed by atoms with van der Waals surface area (Å²) in [5.74, 6) is 0.286. The second-order valence-corrected chi connectivity index (χ2v) is 10.3. The summed E-state index contributed by atoms with van der Waals surface area (Å²) in [5, 5.41) is 4.10. The summed E-state index contributed by atoms with van der Waals surface area (Å²) in [7, 11) is -16.2. The zero-order valence-corrected chi connectivity index (χ0v) is 17.1. The quantitative estimate of drug-likeness (QED) is 0.335. The van der Waals surface area contributed by atoms with E-state index in [4.69, 9.17) is 25.2 Å². The van der Waals surface area contributed by atoms with E-state index in [9.17, 15) is 18.6 Å². The van der Waals surface area contributed by atoms with Crippen LogP contribution in [0.3, 0.4) is 0 Å². The monoisotopic (exact) mass is 474 g/mol. The van der Waals surface area contributed by atoms with E-state index >= 15 is 0 Å². The molecule has 2 aromatic heterocycles. The number of phosphoric acid groups is 3. The number of nitrogen functional groups attached to an aromatic ring is 1. The highest BCUT2D eigenvalue weighted by atomic mass is 31.3. The van der Waals surface area contributed by atoms with Crippen molar-refractivity contribution in [1.29, 1.82) is 0 Å². The summed E-state index contributed by atoms with van der Waals surface area (Å²) in [6.07, 6.45) is 1.11. The zero-order chi connectivity index (χ0) is 21.4. The van der Waals surface area contributed by atoms with E-state index in [1.165, 1.54) is 6.33 Å². The Balaban J connectivity index is 1.58. The van der Waals surface area contributed by atoms with Crippen LogP contribution in [0.4, 0.5) is 5.82 Å². The highest BCUT2D eigenvalue weighted by Crippen LogP contribution is 2.66. The van der Waals surface area contributed by atoms with E-state index in [1.807, 2.05) is 0 Å². The third-order valence-corrected chi connectivity index (χ3v) is 7.59. The van der Waals surface area contributed by atoms with E-state index in [0.29, 0.717) is 24.1 Å². The van der Waals surface area contributed by atoms with Crippen LogP contribution in [0.5, 0.6) is 0 Å². The molecular weight excluding hydrogens is 457 g/mol. The Morgan fingerprint density at radius 2 is 1.86 bits per heavy atom. The number of nitrogens with two attached hydrogens (primary N) is 1. The van der Waals surface area contributed by atoms with Crippen molar-refractivity contribution in [2.75, 3.05) is 12.3 Å². The van der Waals surface area contributed by atoms with E-state index in [1.54, 1.807) is 16.6 Å². The van der Waals surface area contributed by atoms with Crippen molar-refractivity contribution in [1.82, 2.24) is 14.6 Å². The van der Waals surface area contributed by atoms with Crippen LogP contribution in [0, 0.1) is 0 Å².